The number of ether oxygens (including phenoxy) is 5. The molecule has 0 aliphatic carbocycles. The van der Waals surface area contributed by atoms with Gasteiger partial charge >= 0.3 is 23.9 Å². The van der Waals surface area contributed by atoms with E-state index < -0.39 is 67.3 Å². The van der Waals surface area contributed by atoms with Gasteiger partial charge in [0.15, 0.2) is 24.6 Å². The minimum atomic E-state index is -1.92. The quantitative estimate of drug-likeness (QED) is 0.0228. The van der Waals surface area contributed by atoms with Gasteiger partial charge in [-0.15, -0.1) is 0 Å². The lowest BCUT2D eigenvalue weighted by molar-refractivity contribution is -0.301. The van der Waals surface area contributed by atoms with Gasteiger partial charge in [-0.2, -0.15) is 0 Å². The summed E-state index contributed by atoms with van der Waals surface area (Å²) < 4.78 is 28.3. The van der Waals surface area contributed by atoms with Crippen LogP contribution in [0.2, 0.25) is 0 Å². The van der Waals surface area contributed by atoms with Crippen molar-refractivity contribution in [3.63, 3.8) is 0 Å². The van der Waals surface area contributed by atoms with Crippen LogP contribution in [0.3, 0.4) is 0 Å². The number of unbranched alkanes of at least 4 members (excludes halogenated alkanes) is 16. The van der Waals surface area contributed by atoms with Gasteiger partial charge in [-0.3, -0.25) is 14.4 Å². The minimum absolute atomic E-state index is 0.0332. The normalized spacial score (nSPS) is 19.1. The van der Waals surface area contributed by atoms with Gasteiger partial charge < -0.3 is 39.0 Å². The second-order valence-electron chi connectivity index (χ2n) is 18.8. The van der Waals surface area contributed by atoms with E-state index in [1.807, 2.05) is 0 Å². The molecule has 0 spiro atoms. The summed E-state index contributed by atoms with van der Waals surface area (Å²) in [5.74, 6) is -3.19. The van der Waals surface area contributed by atoms with Crippen LogP contribution in [-0.2, 0) is 42.9 Å². The first-order valence-corrected chi connectivity index (χ1v) is 28.2. The number of aliphatic carboxylic acids is 1. The highest BCUT2D eigenvalue weighted by atomic mass is 16.7. The summed E-state index contributed by atoms with van der Waals surface area (Å²) in [6.07, 6.45) is 50.9. The molecule has 6 unspecified atom stereocenters. The van der Waals surface area contributed by atoms with Crippen LogP contribution in [0.4, 0.5) is 0 Å². The zero-order valence-electron chi connectivity index (χ0n) is 45.3. The molecule has 1 aliphatic rings. The van der Waals surface area contributed by atoms with Crippen LogP contribution in [0.1, 0.15) is 213 Å². The molecule has 1 saturated heterocycles. The molecular formula is C61H98O12. The Morgan fingerprint density at radius 2 is 0.863 bits per heavy atom. The van der Waals surface area contributed by atoms with Crippen molar-refractivity contribution in [2.24, 2.45) is 0 Å². The van der Waals surface area contributed by atoms with E-state index in [-0.39, 0.29) is 25.9 Å². The maximum absolute atomic E-state index is 13.1. The van der Waals surface area contributed by atoms with E-state index in [1.54, 1.807) is 0 Å². The van der Waals surface area contributed by atoms with Crippen molar-refractivity contribution in [2.45, 2.75) is 250 Å². The first-order chi connectivity index (χ1) is 35.6. The highest BCUT2D eigenvalue weighted by Crippen LogP contribution is 2.26. The lowest BCUT2D eigenvalue weighted by Gasteiger charge is -2.40. The fourth-order valence-corrected chi connectivity index (χ4v) is 7.84. The lowest BCUT2D eigenvalue weighted by atomic mass is 9.98. The number of rotatable bonds is 46. The number of carboxylic acids is 1. The van der Waals surface area contributed by atoms with Crippen LogP contribution in [0, 0.1) is 0 Å². The summed E-state index contributed by atoms with van der Waals surface area (Å²) in [6.45, 7) is 5.65. The molecule has 0 aromatic rings. The standard InChI is InChI=1S/C61H98O12/c1-4-7-10-13-16-19-22-25-27-30-32-35-38-41-44-47-53(62)69-50-52(71-54(63)48-45-42-39-36-33-29-24-21-18-15-12-9-6-3)51-70-61-59(57(66)56(65)58(73-61)60(67)68)72-55(64)49-46-43-40-37-34-31-28-26-23-20-17-14-11-8-5-2/h7-8,10-12,15-17,19-21,24-28,52,56-59,61,65-66H,4-6,9,13-14,18,22-23,29-51H2,1-3H3,(H,67,68)/b10-7-,11-8-,15-12-,19-16-,20-17-,24-21-,27-25-,28-26-. The topological polar surface area (TPSA) is 175 Å². The predicted octanol–water partition coefficient (Wildman–Crippen LogP) is 14.1. The molecule has 6 atom stereocenters. The molecule has 1 fully saturated rings. The molecule has 0 saturated carbocycles. The van der Waals surface area contributed by atoms with Crippen LogP contribution in [0.15, 0.2) is 97.2 Å². The van der Waals surface area contributed by atoms with E-state index in [1.165, 1.54) is 0 Å². The van der Waals surface area contributed by atoms with Crippen LogP contribution in [0.25, 0.3) is 0 Å². The molecule has 73 heavy (non-hydrogen) atoms. The summed E-state index contributed by atoms with van der Waals surface area (Å²) in [6, 6.07) is 0. The number of aliphatic hydroxyl groups is 2. The Morgan fingerprint density at radius 1 is 0.466 bits per heavy atom. The highest BCUT2D eigenvalue weighted by Gasteiger charge is 2.50. The highest BCUT2D eigenvalue weighted by molar-refractivity contribution is 5.74. The lowest BCUT2D eigenvalue weighted by Crippen LogP contribution is -2.61. The van der Waals surface area contributed by atoms with Crippen molar-refractivity contribution >= 4 is 23.9 Å². The number of carbonyl (C=O) groups is 4. The smallest absolute Gasteiger partial charge is 0.335 e. The second kappa shape index (κ2) is 48.6. The van der Waals surface area contributed by atoms with Crippen LogP contribution in [0.5, 0.6) is 0 Å². The van der Waals surface area contributed by atoms with E-state index in [2.05, 4.69) is 118 Å². The van der Waals surface area contributed by atoms with Crippen molar-refractivity contribution in [1.82, 2.24) is 0 Å². The van der Waals surface area contributed by atoms with Crippen molar-refractivity contribution in [1.29, 1.82) is 0 Å². The Bertz CT molecular complexity index is 1640. The van der Waals surface area contributed by atoms with Crippen molar-refractivity contribution in [3.05, 3.63) is 97.2 Å². The second-order valence-corrected chi connectivity index (χ2v) is 18.8. The predicted molar refractivity (Wildman–Crippen MR) is 294 cm³/mol. The Labute approximate surface area is 441 Å². The molecular weight excluding hydrogens is 925 g/mol. The first kappa shape index (κ1) is 66.7. The van der Waals surface area contributed by atoms with Gasteiger partial charge in [0, 0.05) is 19.3 Å². The third-order valence-corrected chi connectivity index (χ3v) is 12.1. The first-order valence-electron chi connectivity index (χ1n) is 28.2. The van der Waals surface area contributed by atoms with E-state index in [9.17, 15) is 34.5 Å². The van der Waals surface area contributed by atoms with Gasteiger partial charge in [0.25, 0.3) is 0 Å². The summed E-state index contributed by atoms with van der Waals surface area (Å²) in [4.78, 5) is 51.0. The maximum Gasteiger partial charge on any atom is 0.335 e. The molecule has 1 aliphatic heterocycles. The van der Waals surface area contributed by atoms with Crippen molar-refractivity contribution in [3.8, 4) is 0 Å². The van der Waals surface area contributed by atoms with Gasteiger partial charge in [-0.05, 0) is 109 Å². The van der Waals surface area contributed by atoms with E-state index in [4.69, 9.17) is 23.7 Å². The largest absolute Gasteiger partial charge is 0.479 e. The molecule has 1 rings (SSSR count). The molecule has 0 radical (unpaired) electrons. The number of hydrogen-bond acceptors (Lipinski definition) is 11. The average molecular weight is 1020 g/mol. The summed E-state index contributed by atoms with van der Waals surface area (Å²) in [5.41, 5.74) is 0. The number of esters is 3. The van der Waals surface area contributed by atoms with Gasteiger partial charge in [-0.25, -0.2) is 4.79 Å². The van der Waals surface area contributed by atoms with Gasteiger partial charge in [-0.1, -0.05) is 182 Å². The van der Waals surface area contributed by atoms with Gasteiger partial charge in [0.05, 0.1) is 6.61 Å². The number of hydrogen-bond donors (Lipinski definition) is 3. The molecule has 0 aromatic carbocycles. The summed E-state index contributed by atoms with van der Waals surface area (Å²) in [7, 11) is 0. The monoisotopic (exact) mass is 1020 g/mol. The summed E-state index contributed by atoms with van der Waals surface area (Å²) in [5, 5.41) is 31.4. The zero-order chi connectivity index (χ0) is 53.3. The SMILES string of the molecule is CC/C=C\C/C=C\C/C=C\CCCCCCCC(=O)OCC(COC1OC(C(=O)O)C(O)C(O)C1OC(=O)CCCCCCC/C=C\C/C=C\C/C=C\CC)OC(=O)CCCCCCC/C=C\C/C=C\CCC. The van der Waals surface area contributed by atoms with Crippen molar-refractivity contribution < 1.29 is 58.2 Å². The van der Waals surface area contributed by atoms with Crippen LogP contribution in [-0.4, -0.2) is 89.2 Å². The van der Waals surface area contributed by atoms with E-state index in [0.717, 1.165) is 154 Å². The summed E-state index contributed by atoms with van der Waals surface area (Å²) >= 11 is 0. The molecule has 12 nitrogen and oxygen atoms in total. The third-order valence-electron chi connectivity index (χ3n) is 12.1. The van der Waals surface area contributed by atoms with Crippen LogP contribution >= 0.6 is 0 Å². The third kappa shape index (κ3) is 38.8. The molecule has 414 valence electrons. The van der Waals surface area contributed by atoms with Crippen molar-refractivity contribution in [2.75, 3.05) is 13.2 Å². The zero-order valence-corrected chi connectivity index (χ0v) is 45.3. The van der Waals surface area contributed by atoms with Crippen LogP contribution < -0.4 is 0 Å². The van der Waals surface area contributed by atoms with E-state index in [0.29, 0.717) is 19.3 Å². The fourth-order valence-electron chi connectivity index (χ4n) is 7.84. The number of aliphatic hydroxyl groups excluding tert-OH is 2. The van der Waals surface area contributed by atoms with Gasteiger partial charge in [0.2, 0.25) is 0 Å². The number of carbonyl (C=O) groups excluding carboxylic acids is 3. The fraction of sp³-hybridized carbons (Fsp3) is 0.672. The maximum atomic E-state index is 13.1. The molecule has 0 amide bonds. The Morgan fingerprint density at radius 3 is 1.32 bits per heavy atom. The van der Waals surface area contributed by atoms with E-state index >= 15 is 0 Å². The number of carboxylic acid groups (broad SMARTS) is 1. The Kier molecular flexibility index (Phi) is 44.4. The Balaban J connectivity index is 2.74. The molecule has 12 heteroatoms. The average Bonchev–Trinajstić information content (AvgIpc) is 3.37. The van der Waals surface area contributed by atoms with Gasteiger partial charge in [0.1, 0.15) is 18.8 Å². The minimum Gasteiger partial charge on any atom is -0.479 e. The molecule has 0 bridgehead atoms. The Hall–Kier alpha value is -4.36. The number of allylic oxidation sites excluding steroid dienone is 16. The molecule has 0 aromatic heterocycles. The molecule has 1 heterocycles. The molecule has 3 N–H and O–H groups in total.